The van der Waals surface area contributed by atoms with E-state index in [1.165, 1.54) is 11.3 Å². The molecule has 0 aliphatic rings. The molecular weight excluding hydrogens is 310 g/mol. The van der Waals surface area contributed by atoms with E-state index in [1.54, 1.807) is 12.1 Å². The van der Waals surface area contributed by atoms with Crippen molar-refractivity contribution in [3.63, 3.8) is 0 Å². The molecule has 0 saturated carbocycles. The minimum Gasteiger partial charge on any atom is -0.366 e. The largest absolute Gasteiger partial charge is 0.366 e. The average Bonchev–Trinajstić information content (AvgIpc) is 2.80. The normalized spacial score (nSPS) is 14.1. The molecule has 1 unspecified atom stereocenters. The standard InChI is InChI=1S/C14H11NO2S3/c1-10-6-8-11(9-7-10)20(16,18)17-14-15-12-4-2-3-5-13(12)19-14/h2-9H,1H3. The van der Waals surface area contributed by atoms with E-state index in [4.69, 9.17) is 15.4 Å². The molecule has 0 aliphatic carbocycles. The maximum Gasteiger partial charge on any atom is 0.290 e. The van der Waals surface area contributed by atoms with Crippen LogP contribution in [0.15, 0.2) is 53.4 Å². The molecule has 0 saturated heterocycles. The zero-order valence-corrected chi connectivity index (χ0v) is 13.1. The third kappa shape index (κ3) is 2.67. The van der Waals surface area contributed by atoms with E-state index in [-0.39, 0.29) is 0 Å². The number of para-hydroxylation sites is 1. The van der Waals surface area contributed by atoms with Gasteiger partial charge in [-0.2, -0.15) is 0 Å². The quantitative estimate of drug-likeness (QED) is 0.737. The molecular formula is C14H11NO2S3. The monoisotopic (exact) mass is 321 g/mol. The molecule has 0 aliphatic heterocycles. The molecule has 102 valence electrons. The molecule has 0 fully saturated rings. The number of aromatic nitrogens is 1. The Labute approximate surface area is 126 Å². The topological polar surface area (TPSA) is 39.2 Å². The van der Waals surface area contributed by atoms with Crippen molar-refractivity contribution in [2.75, 3.05) is 0 Å². The Hall–Kier alpha value is -1.50. The van der Waals surface area contributed by atoms with Gasteiger partial charge in [-0.05, 0) is 31.2 Å². The molecule has 0 bridgehead atoms. The number of benzene rings is 2. The summed E-state index contributed by atoms with van der Waals surface area (Å²) in [6, 6.07) is 14.8. The average molecular weight is 321 g/mol. The SMILES string of the molecule is Cc1ccc(S(=O)(=S)Oc2nc3ccccc3s2)cc1. The van der Waals surface area contributed by atoms with Crippen LogP contribution in [0.5, 0.6) is 5.19 Å². The maximum absolute atomic E-state index is 12.5. The first kappa shape index (κ1) is 13.5. The van der Waals surface area contributed by atoms with Crippen LogP contribution in [-0.4, -0.2) is 9.19 Å². The Morgan fingerprint density at radius 2 is 1.85 bits per heavy atom. The van der Waals surface area contributed by atoms with Gasteiger partial charge in [0.25, 0.3) is 5.19 Å². The smallest absolute Gasteiger partial charge is 0.290 e. The fourth-order valence-corrected chi connectivity index (χ4v) is 4.30. The van der Waals surface area contributed by atoms with Gasteiger partial charge >= 0.3 is 0 Å². The van der Waals surface area contributed by atoms with E-state index in [2.05, 4.69) is 4.98 Å². The molecule has 0 amide bonds. The van der Waals surface area contributed by atoms with Crippen molar-refractivity contribution in [3.8, 4) is 5.19 Å². The van der Waals surface area contributed by atoms with Gasteiger partial charge in [0, 0.05) is 11.2 Å². The highest BCUT2D eigenvalue weighted by atomic mass is 32.8. The van der Waals surface area contributed by atoms with E-state index >= 15 is 0 Å². The molecule has 2 aromatic carbocycles. The second kappa shape index (κ2) is 5.12. The highest BCUT2D eigenvalue weighted by Gasteiger charge is 2.15. The van der Waals surface area contributed by atoms with Crippen LogP contribution in [0.4, 0.5) is 0 Å². The fraction of sp³-hybridized carbons (Fsp3) is 0.0714. The maximum atomic E-state index is 12.5. The first-order valence-electron chi connectivity index (χ1n) is 5.91. The van der Waals surface area contributed by atoms with Gasteiger partial charge in [0.2, 0.25) is 8.77 Å². The van der Waals surface area contributed by atoms with Crippen molar-refractivity contribution in [2.24, 2.45) is 0 Å². The predicted octanol–water partition coefficient (Wildman–Crippen LogP) is 3.70. The van der Waals surface area contributed by atoms with Crippen LogP contribution in [0.1, 0.15) is 5.56 Å². The molecule has 3 nitrogen and oxygen atoms in total. The van der Waals surface area contributed by atoms with Gasteiger partial charge in [-0.3, -0.25) is 0 Å². The van der Waals surface area contributed by atoms with Crippen molar-refractivity contribution in [1.82, 2.24) is 4.98 Å². The summed E-state index contributed by atoms with van der Waals surface area (Å²) in [7, 11) is -3.00. The van der Waals surface area contributed by atoms with E-state index in [1.807, 2.05) is 43.3 Å². The van der Waals surface area contributed by atoms with Gasteiger partial charge < -0.3 is 4.18 Å². The highest BCUT2D eigenvalue weighted by Crippen LogP contribution is 2.29. The zero-order chi connectivity index (χ0) is 14.2. The van der Waals surface area contributed by atoms with E-state index in [9.17, 15) is 4.21 Å². The minimum atomic E-state index is -3.00. The second-order valence-electron chi connectivity index (χ2n) is 4.30. The van der Waals surface area contributed by atoms with Crippen LogP contribution in [0, 0.1) is 6.92 Å². The number of thiazole rings is 1. The molecule has 3 aromatic rings. The first-order valence-corrected chi connectivity index (χ1v) is 9.14. The van der Waals surface area contributed by atoms with Gasteiger partial charge in [0.1, 0.15) is 0 Å². The summed E-state index contributed by atoms with van der Waals surface area (Å²) in [6.45, 7) is 1.96. The molecule has 3 rings (SSSR count). The van der Waals surface area contributed by atoms with Gasteiger partial charge in [-0.1, -0.05) is 41.2 Å². The first-order chi connectivity index (χ1) is 9.54. The number of rotatable bonds is 3. The lowest BCUT2D eigenvalue weighted by Crippen LogP contribution is -2.07. The third-order valence-electron chi connectivity index (χ3n) is 2.76. The lowest BCUT2D eigenvalue weighted by molar-refractivity contribution is 0.557. The van der Waals surface area contributed by atoms with Gasteiger partial charge in [-0.15, -0.1) is 0 Å². The second-order valence-corrected chi connectivity index (χ2v) is 8.15. The Morgan fingerprint density at radius 3 is 2.55 bits per heavy atom. The van der Waals surface area contributed by atoms with Crippen LogP contribution in [0.25, 0.3) is 10.2 Å². The summed E-state index contributed by atoms with van der Waals surface area (Å²) in [4.78, 5) is 4.79. The summed E-state index contributed by atoms with van der Waals surface area (Å²) in [6.07, 6.45) is 0. The van der Waals surface area contributed by atoms with Crippen molar-refractivity contribution in [1.29, 1.82) is 0 Å². The Balaban J connectivity index is 1.94. The van der Waals surface area contributed by atoms with Crippen LogP contribution in [0.2, 0.25) is 0 Å². The molecule has 1 atom stereocenters. The number of hydrogen-bond donors (Lipinski definition) is 0. The predicted molar refractivity (Wildman–Crippen MR) is 85.2 cm³/mol. The molecule has 0 N–H and O–H groups in total. The van der Waals surface area contributed by atoms with Crippen LogP contribution >= 0.6 is 11.3 Å². The van der Waals surface area contributed by atoms with Crippen LogP contribution in [-0.2, 0) is 20.0 Å². The van der Waals surface area contributed by atoms with Crippen LogP contribution < -0.4 is 4.18 Å². The van der Waals surface area contributed by atoms with E-state index in [0.29, 0.717) is 10.1 Å². The Bertz CT molecular complexity index is 819. The number of aryl methyl sites for hydroxylation is 1. The minimum absolute atomic E-state index is 0.340. The number of nitrogens with zero attached hydrogens (tertiary/aromatic N) is 1. The highest BCUT2D eigenvalue weighted by molar-refractivity contribution is 8.30. The molecule has 20 heavy (non-hydrogen) atoms. The Morgan fingerprint density at radius 1 is 1.15 bits per heavy atom. The summed E-state index contributed by atoms with van der Waals surface area (Å²) >= 11 is 6.45. The number of fused-ring (bicyclic) bond motifs is 1. The molecule has 6 heteroatoms. The molecule has 1 aromatic heterocycles. The molecule has 0 radical (unpaired) electrons. The van der Waals surface area contributed by atoms with Gasteiger partial charge in [-0.25, -0.2) is 9.19 Å². The zero-order valence-electron chi connectivity index (χ0n) is 10.6. The van der Waals surface area contributed by atoms with Gasteiger partial charge in [0.15, 0.2) is 0 Å². The van der Waals surface area contributed by atoms with E-state index < -0.39 is 8.77 Å². The number of hydrogen-bond acceptors (Lipinski definition) is 5. The fourth-order valence-electron chi connectivity index (χ4n) is 1.73. The summed E-state index contributed by atoms with van der Waals surface area (Å²) in [5, 5.41) is 0.340. The van der Waals surface area contributed by atoms with Crippen LogP contribution in [0.3, 0.4) is 0 Å². The summed E-state index contributed by atoms with van der Waals surface area (Å²) in [5.74, 6) is 0. The van der Waals surface area contributed by atoms with Gasteiger partial charge in [0.05, 0.1) is 15.1 Å². The summed E-state index contributed by atoms with van der Waals surface area (Å²) in [5.41, 5.74) is 1.90. The summed E-state index contributed by atoms with van der Waals surface area (Å²) < 4.78 is 19.0. The van der Waals surface area contributed by atoms with Crippen molar-refractivity contribution in [2.45, 2.75) is 11.8 Å². The lowest BCUT2D eigenvalue weighted by Gasteiger charge is -2.06. The van der Waals surface area contributed by atoms with Crippen molar-refractivity contribution in [3.05, 3.63) is 54.1 Å². The Kier molecular flexibility index (Phi) is 3.45. The van der Waals surface area contributed by atoms with Crippen molar-refractivity contribution >= 4 is 41.5 Å². The molecule has 0 spiro atoms. The third-order valence-corrected chi connectivity index (χ3v) is 5.79. The van der Waals surface area contributed by atoms with E-state index in [0.717, 1.165) is 15.8 Å². The van der Waals surface area contributed by atoms with Crippen molar-refractivity contribution < 1.29 is 8.39 Å². The lowest BCUT2D eigenvalue weighted by atomic mass is 10.2. The molecule has 1 heterocycles.